The fraction of sp³-hybridized carbons (Fsp3) is 1.00. The maximum Gasteiger partial charge on any atom is 0.0619 e. The van der Waals surface area contributed by atoms with Gasteiger partial charge in [0.15, 0.2) is 0 Å². The molecular formula is C12H24O. The molecule has 0 spiro atoms. The van der Waals surface area contributed by atoms with Crippen molar-refractivity contribution in [1.82, 2.24) is 0 Å². The quantitative estimate of drug-likeness (QED) is 0.698. The summed E-state index contributed by atoms with van der Waals surface area (Å²) in [5.74, 6) is 2.14. The van der Waals surface area contributed by atoms with Gasteiger partial charge in [0.1, 0.15) is 0 Å². The summed E-state index contributed by atoms with van der Waals surface area (Å²) in [7, 11) is 0. The van der Waals surface area contributed by atoms with Gasteiger partial charge in [0.25, 0.3) is 0 Å². The molecule has 0 amide bonds. The van der Waals surface area contributed by atoms with Crippen molar-refractivity contribution in [3.05, 3.63) is 0 Å². The van der Waals surface area contributed by atoms with E-state index in [0.29, 0.717) is 5.92 Å². The summed E-state index contributed by atoms with van der Waals surface area (Å²) in [6.07, 6.45) is 5.11. The fourth-order valence-corrected chi connectivity index (χ4v) is 2.47. The van der Waals surface area contributed by atoms with E-state index in [-0.39, 0.29) is 0 Å². The SMILES string of the molecule is CC(C)C1CCCC(C(C)(C)O)C1. The Morgan fingerprint density at radius 3 is 2.31 bits per heavy atom. The molecule has 1 fully saturated rings. The maximum atomic E-state index is 9.94. The second kappa shape index (κ2) is 4.00. The highest BCUT2D eigenvalue weighted by molar-refractivity contribution is 4.84. The predicted molar refractivity (Wildman–Crippen MR) is 56.6 cm³/mol. The molecule has 1 aliphatic rings. The number of rotatable bonds is 2. The van der Waals surface area contributed by atoms with E-state index in [1.165, 1.54) is 25.7 Å². The van der Waals surface area contributed by atoms with Crippen LogP contribution in [0.3, 0.4) is 0 Å². The average Bonchev–Trinajstić information content (AvgIpc) is 2.03. The van der Waals surface area contributed by atoms with Crippen molar-refractivity contribution in [3.8, 4) is 0 Å². The monoisotopic (exact) mass is 184 g/mol. The van der Waals surface area contributed by atoms with Crippen LogP contribution in [0.2, 0.25) is 0 Å². The largest absolute Gasteiger partial charge is 0.390 e. The Morgan fingerprint density at radius 2 is 1.85 bits per heavy atom. The zero-order chi connectivity index (χ0) is 10.1. The number of hydrogen-bond acceptors (Lipinski definition) is 1. The molecule has 13 heavy (non-hydrogen) atoms. The molecule has 1 aliphatic carbocycles. The van der Waals surface area contributed by atoms with Crippen LogP contribution in [0, 0.1) is 17.8 Å². The number of hydrogen-bond donors (Lipinski definition) is 1. The molecule has 1 rings (SSSR count). The normalized spacial score (nSPS) is 30.9. The molecule has 2 atom stereocenters. The Morgan fingerprint density at radius 1 is 1.23 bits per heavy atom. The summed E-state index contributed by atoms with van der Waals surface area (Å²) in [5.41, 5.74) is -0.465. The lowest BCUT2D eigenvalue weighted by Gasteiger charge is -2.38. The van der Waals surface area contributed by atoms with Crippen LogP contribution in [0.5, 0.6) is 0 Å². The van der Waals surface area contributed by atoms with E-state index in [1.807, 2.05) is 13.8 Å². The highest BCUT2D eigenvalue weighted by atomic mass is 16.3. The molecule has 1 saturated carbocycles. The molecule has 0 aliphatic heterocycles. The zero-order valence-corrected chi connectivity index (χ0v) is 9.51. The van der Waals surface area contributed by atoms with Gasteiger partial charge in [0, 0.05) is 0 Å². The van der Waals surface area contributed by atoms with Crippen LogP contribution in [-0.4, -0.2) is 10.7 Å². The summed E-state index contributed by atoms with van der Waals surface area (Å²) in [6, 6.07) is 0. The Hall–Kier alpha value is -0.0400. The van der Waals surface area contributed by atoms with E-state index in [4.69, 9.17) is 0 Å². The third-order valence-electron chi connectivity index (χ3n) is 3.66. The zero-order valence-electron chi connectivity index (χ0n) is 9.51. The van der Waals surface area contributed by atoms with Crippen LogP contribution >= 0.6 is 0 Å². The highest BCUT2D eigenvalue weighted by Crippen LogP contribution is 2.38. The number of aliphatic hydroxyl groups is 1. The molecule has 1 N–H and O–H groups in total. The minimum absolute atomic E-state index is 0.465. The van der Waals surface area contributed by atoms with Gasteiger partial charge in [-0.05, 0) is 44.4 Å². The smallest absolute Gasteiger partial charge is 0.0619 e. The minimum atomic E-state index is -0.465. The Bertz CT molecular complexity index is 155. The van der Waals surface area contributed by atoms with Crippen LogP contribution in [-0.2, 0) is 0 Å². The molecule has 2 unspecified atom stereocenters. The van der Waals surface area contributed by atoms with Gasteiger partial charge in [0.05, 0.1) is 5.60 Å². The highest BCUT2D eigenvalue weighted by Gasteiger charge is 2.32. The van der Waals surface area contributed by atoms with Crippen molar-refractivity contribution in [2.45, 2.75) is 59.0 Å². The van der Waals surface area contributed by atoms with Gasteiger partial charge in [-0.1, -0.05) is 26.7 Å². The Balaban J connectivity index is 2.52. The first-order chi connectivity index (χ1) is 5.91. The molecule has 1 nitrogen and oxygen atoms in total. The second-order valence-corrected chi connectivity index (χ2v) is 5.52. The minimum Gasteiger partial charge on any atom is -0.390 e. The van der Waals surface area contributed by atoms with Crippen molar-refractivity contribution < 1.29 is 5.11 Å². The van der Waals surface area contributed by atoms with Gasteiger partial charge in [-0.25, -0.2) is 0 Å². The molecule has 0 heterocycles. The second-order valence-electron chi connectivity index (χ2n) is 5.52. The molecule has 0 saturated heterocycles. The lowest BCUT2D eigenvalue weighted by Crippen LogP contribution is -2.35. The Labute approximate surface area is 82.5 Å². The van der Waals surface area contributed by atoms with Crippen molar-refractivity contribution in [2.24, 2.45) is 17.8 Å². The molecular weight excluding hydrogens is 160 g/mol. The summed E-state index contributed by atoms with van der Waals surface area (Å²) < 4.78 is 0. The Kier molecular flexibility index (Phi) is 3.39. The topological polar surface area (TPSA) is 20.2 Å². The van der Waals surface area contributed by atoms with Crippen LogP contribution in [0.15, 0.2) is 0 Å². The van der Waals surface area contributed by atoms with Gasteiger partial charge in [0.2, 0.25) is 0 Å². The van der Waals surface area contributed by atoms with Crippen molar-refractivity contribution in [3.63, 3.8) is 0 Å². The van der Waals surface area contributed by atoms with E-state index in [9.17, 15) is 5.11 Å². The van der Waals surface area contributed by atoms with Crippen LogP contribution in [0.4, 0.5) is 0 Å². The van der Waals surface area contributed by atoms with E-state index < -0.39 is 5.60 Å². The van der Waals surface area contributed by atoms with Crippen molar-refractivity contribution in [1.29, 1.82) is 0 Å². The van der Waals surface area contributed by atoms with Gasteiger partial charge in [-0.2, -0.15) is 0 Å². The molecule has 0 aromatic heterocycles. The predicted octanol–water partition coefficient (Wildman–Crippen LogP) is 3.22. The van der Waals surface area contributed by atoms with Gasteiger partial charge in [-0.3, -0.25) is 0 Å². The maximum absolute atomic E-state index is 9.94. The van der Waals surface area contributed by atoms with Gasteiger partial charge < -0.3 is 5.11 Å². The molecule has 0 radical (unpaired) electrons. The van der Waals surface area contributed by atoms with E-state index in [0.717, 1.165) is 11.8 Å². The summed E-state index contributed by atoms with van der Waals surface area (Å²) >= 11 is 0. The third-order valence-corrected chi connectivity index (χ3v) is 3.66. The first kappa shape index (κ1) is 11.0. The van der Waals surface area contributed by atoms with E-state index >= 15 is 0 Å². The lowest BCUT2D eigenvalue weighted by molar-refractivity contribution is -0.0142. The van der Waals surface area contributed by atoms with Crippen molar-refractivity contribution >= 4 is 0 Å². The fourth-order valence-electron chi connectivity index (χ4n) is 2.47. The van der Waals surface area contributed by atoms with E-state index in [2.05, 4.69) is 13.8 Å². The van der Waals surface area contributed by atoms with Crippen LogP contribution in [0.1, 0.15) is 53.4 Å². The molecule has 78 valence electrons. The summed E-state index contributed by atoms with van der Waals surface area (Å²) in [5, 5.41) is 9.94. The lowest BCUT2D eigenvalue weighted by atomic mass is 9.71. The summed E-state index contributed by atoms with van der Waals surface area (Å²) in [4.78, 5) is 0. The van der Waals surface area contributed by atoms with E-state index in [1.54, 1.807) is 0 Å². The van der Waals surface area contributed by atoms with Crippen LogP contribution < -0.4 is 0 Å². The van der Waals surface area contributed by atoms with Gasteiger partial charge in [-0.15, -0.1) is 0 Å². The first-order valence-electron chi connectivity index (χ1n) is 5.63. The standard InChI is InChI=1S/C12H24O/c1-9(2)10-6-5-7-11(8-10)12(3,4)13/h9-11,13H,5-8H2,1-4H3. The molecule has 1 heteroatoms. The molecule has 0 aromatic rings. The summed E-state index contributed by atoms with van der Waals surface area (Å²) in [6.45, 7) is 8.52. The third kappa shape index (κ3) is 2.98. The van der Waals surface area contributed by atoms with Crippen LogP contribution in [0.25, 0.3) is 0 Å². The van der Waals surface area contributed by atoms with Crippen molar-refractivity contribution in [2.75, 3.05) is 0 Å². The average molecular weight is 184 g/mol. The molecule has 0 bridgehead atoms. The first-order valence-corrected chi connectivity index (χ1v) is 5.63. The van der Waals surface area contributed by atoms with Gasteiger partial charge >= 0.3 is 0 Å². The molecule has 0 aromatic carbocycles.